The molecule has 0 radical (unpaired) electrons. The standard InChI is InChI=1S/C30H35NO10.ClH/c1-12(2)31-17-9-20(40-13(3)25(17)33)41-19-11-30(38,14(4)32)10-16-22(19)29(37)24-23(27(16)35)26(34)15-7-6-8-18(39-5)21(15)28(24)36;/h6-8,12-13,17,19-20,25,31,33,35,37-38H,9-11H2,1-5H3;1H/t13-,17-,19-,20-,25+,30-;/m0./s1. The molecule has 0 saturated carbocycles. The average Bonchev–Trinajstić information content (AvgIpc) is 2.91. The van der Waals surface area contributed by atoms with E-state index in [1.54, 1.807) is 6.92 Å². The summed E-state index contributed by atoms with van der Waals surface area (Å²) < 4.78 is 17.5. The molecule has 1 aliphatic heterocycles. The highest BCUT2D eigenvalue weighted by Gasteiger charge is 2.49. The minimum atomic E-state index is -1.99. The second-order valence-corrected chi connectivity index (χ2v) is 11.4. The van der Waals surface area contributed by atoms with Crippen LogP contribution in [0.4, 0.5) is 0 Å². The number of methoxy groups -OCH3 is 1. The third kappa shape index (κ3) is 5.08. The van der Waals surface area contributed by atoms with Crippen molar-refractivity contribution < 1.29 is 49.0 Å². The van der Waals surface area contributed by atoms with Gasteiger partial charge in [0.05, 0.1) is 42.1 Å². The number of halogens is 1. The molecule has 42 heavy (non-hydrogen) atoms. The van der Waals surface area contributed by atoms with Crippen molar-refractivity contribution in [3.63, 3.8) is 0 Å². The van der Waals surface area contributed by atoms with Crippen LogP contribution in [0.3, 0.4) is 0 Å². The Kier molecular flexibility index (Phi) is 8.77. The molecule has 1 fully saturated rings. The van der Waals surface area contributed by atoms with E-state index >= 15 is 0 Å². The first-order valence-corrected chi connectivity index (χ1v) is 13.6. The molecule has 1 saturated heterocycles. The third-order valence-electron chi connectivity index (χ3n) is 8.30. The Bertz CT molecular complexity index is 1440. The van der Waals surface area contributed by atoms with Gasteiger partial charge in [0.1, 0.15) is 22.8 Å². The molecular weight excluding hydrogens is 570 g/mol. The number of rotatable bonds is 6. The molecule has 12 heteroatoms. The fraction of sp³-hybridized carbons (Fsp3) is 0.500. The number of benzene rings is 2. The predicted octanol–water partition coefficient (Wildman–Crippen LogP) is 2.49. The third-order valence-corrected chi connectivity index (χ3v) is 8.30. The summed E-state index contributed by atoms with van der Waals surface area (Å²) in [7, 11) is 1.35. The van der Waals surface area contributed by atoms with Crippen molar-refractivity contribution in [2.24, 2.45) is 0 Å². The maximum Gasteiger partial charge on any atom is 0.202 e. The quantitative estimate of drug-likeness (QED) is 0.261. The summed E-state index contributed by atoms with van der Waals surface area (Å²) >= 11 is 0. The van der Waals surface area contributed by atoms with E-state index in [2.05, 4.69) is 5.32 Å². The molecule has 0 aromatic heterocycles. The Hall–Kier alpha value is -3.06. The second kappa shape index (κ2) is 11.6. The van der Waals surface area contributed by atoms with Crippen LogP contribution in [0.25, 0.3) is 0 Å². The van der Waals surface area contributed by atoms with Gasteiger partial charge in [-0.1, -0.05) is 26.0 Å². The van der Waals surface area contributed by atoms with Gasteiger partial charge in [0, 0.05) is 48.0 Å². The molecule has 2 aromatic rings. The van der Waals surface area contributed by atoms with Crippen LogP contribution < -0.4 is 10.1 Å². The van der Waals surface area contributed by atoms with Crippen molar-refractivity contribution in [3.8, 4) is 17.2 Å². The largest absolute Gasteiger partial charge is 0.507 e. The van der Waals surface area contributed by atoms with Crippen molar-refractivity contribution in [1.82, 2.24) is 5.32 Å². The van der Waals surface area contributed by atoms with Crippen LogP contribution in [0.15, 0.2) is 18.2 Å². The molecule has 0 bridgehead atoms. The number of aliphatic hydroxyl groups excluding tert-OH is 1. The van der Waals surface area contributed by atoms with E-state index in [0.717, 1.165) is 0 Å². The van der Waals surface area contributed by atoms with Crippen LogP contribution in [-0.4, -0.2) is 81.1 Å². The maximum atomic E-state index is 13.7. The zero-order valence-electron chi connectivity index (χ0n) is 24.0. The number of phenols is 2. The summed E-state index contributed by atoms with van der Waals surface area (Å²) in [6.45, 7) is 6.75. The van der Waals surface area contributed by atoms with Gasteiger partial charge in [-0.25, -0.2) is 0 Å². The summed E-state index contributed by atoms with van der Waals surface area (Å²) in [5.41, 5.74) is -2.94. The number of ketones is 3. The Morgan fingerprint density at radius 3 is 2.40 bits per heavy atom. The smallest absolute Gasteiger partial charge is 0.202 e. The molecular formula is C30H36ClNO10. The lowest BCUT2D eigenvalue weighted by Crippen LogP contribution is -2.55. The number of aliphatic hydroxyl groups is 2. The Morgan fingerprint density at radius 1 is 1.12 bits per heavy atom. The SMILES string of the molecule is COc1cccc2c1C(=O)c1c(O)c3c(c(O)c1C2=O)C[C@@](O)(C(C)=O)C[C@@H]3O[C@H]1C[C@H](NC(C)C)[C@H](O)[C@H](C)O1.Cl. The van der Waals surface area contributed by atoms with Gasteiger partial charge >= 0.3 is 0 Å². The maximum absolute atomic E-state index is 13.7. The molecule has 1 heterocycles. The molecule has 11 nitrogen and oxygen atoms in total. The van der Waals surface area contributed by atoms with Crippen molar-refractivity contribution >= 4 is 29.8 Å². The minimum absolute atomic E-state index is 0. The first-order chi connectivity index (χ1) is 19.3. The first-order valence-electron chi connectivity index (χ1n) is 13.6. The van der Waals surface area contributed by atoms with Crippen LogP contribution in [-0.2, 0) is 20.7 Å². The number of fused-ring (bicyclic) bond motifs is 3. The Labute approximate surface area is 249 Å². The van der Waals surface area contributed by atoms with E-state index in [0.29, 0.717) is 0 Å². The molecule has 6 atom stereocenters. The average molecular weight is 606 g/mol. The van der Waals surface area contributed by atoms with E-state index in [1.165, 1.54) is 32.2 Å². The van der Waals surface area contributed by atoms with Gasteiger partial charge in [0.15, 0.2) is 17.9 Å². The molecule has 0 unspecified atom stereocenters. The zero-order chi connectivity index (χ0) is 30.0. The number of hydrogen-bond donors (Lipinski definition) is 5. The summed E-state index contributed by atoms with van der Waals surface area (Å²) in [5, 5.41) is 48.3. The molecule has 2 aliphatic carbocycles. The van der Waals surface area contributed by atoms with E-state index in [4.69, 9.17) is 14.2 Å². The van der Waals surface area contributed by atoms with Gasteiger partial charge in [0.2, 0.25) is 5.78 Å². The second-order valence-electron chi connectivity index (χ2n) is 11.4. The summed E-state index contributed by atoms with van der Waals surface area (Å²) in [6, 6.07) is 4.13. The van der Waals surface area contributed by atoms with Crippen molar-refractivity contribution in [2.75, 3.05) is 7.11 Å². The van der Waals surface area contributed by atoms with Crippen LogP contribution in [0.5, 0.6) is 17.2 Å². The van der Waals surface area contributed by atoms with Crippen LogP contribution in [0.1, 0.15) is 89.6 Å². The van der Waals surface area contributed by atoms with Crippen molar-refractivity contribution in [2.45, 2.75) is 89.2 Å². The molecule has 0 amide bonds. The molecule has 3 aliphatic rings. The minimum Gasteiger partial charge on any atom is -0.507 e. The molecule has 2 aromatic carbocycles. The van der Waals surface area contributed by atoms with E-state index in [9.17, 15) is 34.8 Å². The highest BCUT2D eigenvalue weighted by molar-refractivity contribution is 6.31. The van der Waals surface area contributed by atoms with E-state index in [-0.39, 0.29) is 59.3 Å². The predicted molar refractivity (Wildman–Crippen MR) is 152 cm³/mol. The van der Waals surface area contributed by atoms with Crippen LogP contribution >= 0.6 is 12.4 Å². The van der Waals surface area contributed by atoms with Crippen molar-refractivity contribution in [1.29, 1.82) is 0 Å². The van der Waals surface area contributed by atoms with Gasteiger partial charge in [-0.15, -0.1) is 12.4 Å². The fourth-order valence-corrected chi connectivity index (χ4v) is 6.22. The van der Waals surface area contributed by atoms with Gasteiger partial charge in [0.25, 0.3) is 0 Å². The Morgan fingerprint density at radius 2 is 1.79 bits per heavy atom. The van der Waals surface area contributed by atoms with Crippen molar-refractivity contribution in [3.05, 3.63) is 51.6 Å². The lowest BCUT2D eigenvalue weighted by Gasteiger charge is -2.43. The number of Topliss-reactive ketones (excluding diaryl/α,β-unsaturated/α-hetero) is 1. The summed E-state index contributed by atoms with van der Waals surface area (Å²) in [6.07, 6.45) is -4.11. The van der Waals surface area contributed by atoms with Gasteiger partial charge in [-0.05, 0) is 19.9 Å². The molecule has 5 N–H and O–H groups in total. The molecule has 0 spiro atoms. The number of carbonyl (C=O) groups is 3. The number of hydrogen-bond acceptors (Lipinski definition) is 11. The van der Waals surface area contributed by atoms with Crippen LogP contribution in [0.2, 0.25) is 0 Å². The number of phenolic OH excluding ortho intramolecular Hbond substituents is 2. The topological polar surface area (TPSA) is 172 Å². The van der Waals surface area contributed by atoms with Gasteiger partial charge in [-0.2, -0.15) is 0 Å². The molecule has 5 rings (SSSR count). The molecule has 228 valence electrons. The lowest BCUT2D eigenvalue weighted by molar-refractivity contribution is -0.250. The summed E-state index contributed by atoms with van der Waals surface area (Å²) in [5.74, 6) is -3.09. The van der Waals surface area contributed by atoms with Gasteiger partial charge < -0.3 is 40.0 Å². The first kappa shape index (κ1) is 31.9. The summed E-state index contributed by atoms with van der Waals surface area (Å²) in [4.78, 5) is 39.9. The Balaban J connectivity index is 0.00000405. The van der Waals surface area contributed by atoms with Gasteiger partial charge in [-0.3, -0.25) is 14.4 Å². The number of carbonyl (C=O) groups excluding carboxylic acids is 3. The van der Waals surface area contributed by atoms with E-state index in [1.807, 2.05) is 13.8 Å². The number of ether oxygens (including phenoxy) is 3. The highest BCUT2D eigenvalue weighted by atomic mass is 35.5. The number of aromatic hydroxyl groups is 2. The monoisotopic (exact) mass is 605 g/mol. The fourth-order valence-electron chi connectivity index (χ4n) is 6.22. The normalized spacial score (nSPS) is 28.4. The van der Waals surface area contributed by atoms with Crippen LogP contribution in [0, 0.1) is 0 Å². The zero-order valence-corrected chi connectivity index (χ0v) is 24.8. The highest BCUT2D eigenvalue weighted by Crippen LogP contribution is 2.52. The van der Waals surface area contributed by atoms with E-state index < -0.39 is 82.6 Å². The lowest BCUT2D eigenvalue weighted by atomic mass is 9.72. The number of nitrogens with one attached hydrogen (secondary N) is 1.